The van der Waals surface area contributed by atoms with Crippen LogP contribution in [0.2, 0.25) is 0 Å². The minimum Gasteiger partial charge on any atom is -0.489 e. The molecule has 31 heavy (non-hydrogen) atoms. The Morgan fingerprint density at radius 1 is 0.968 bits per heavy atom. The second-order valence-corrected chi connectivity index (χ2v) is 7.39. The third-order valence-corrected chi connectivity index (χ3v) is 5.12. The number of carboxylic acids is 1. The number of halogens is 3. The van der Waals surface area contributed by atoms with E-state index in [0.717, 1.165) is 57.1 Å². The van der Waals surface area contributed by atoms with E-state index in [0.29, 0.717) is 5.56 Å². The van der Waals surface area contributed by atoms with E-state index >= 15 is 0 Å². The highest BCUT2D eigenvalue weighted by atomic mass is 35.5. The molecular weight excluding hydrogens is 461 g/mol. The lowest BCUT2D eigenvalue weighted by Crippen LogP contribution is -2.49. The van der Waals surface area contributed by atoms with E-state index in [1.807, 2.05) is 36.4 Å². The van der Waals surface area contributed by atoms with Gasteiger partial charge in [-0.25, -0.2) is 4.79 Å². The van der Waals surface area contributed by atoms with E-state index in [4.69, 9.17) is 15.6 Å². The third kappa shape index (κ3) is 9.54. The number of nitrogens with two attached hydrogens (primary N) is 1. The standard InChI is InChI=1S/C22H29N3O3.3ClH/c1-17(28-21-8-6-20(23)7-9-21)16-25-14-12-24(13-15-25)11-10-18-2-4-19(5-3-18)22(26)27;;;/h2-9,17H,10-16,23H2,1H3,(H,26,27);3*1H. The van der Waals surface area contributed by atoms with Crippen molar-refractivity contribution in [2.45, 2.75) is 19.4 Å². The van der Waals surface area contributed by atoms with Crippen LogP contribution in [0.15, 0.2) is 48.5 Å². The van der Waals surface area contributed by atoms with Crippen molar-refractivity contribution in [1.82, 2.24) is 9.80 Å². The molecule has 1 unspecified atom stereocenters. The number of benzene rings is 2. The molecule has 1 aliphatic heterocycles. The summed E-state index contributed by atoms with van der Waals surface area (Å²) in [6.45, 7) is 8.17. The number of anilines is 1. The van der Waals surface area contributed by atoms with Crippen molar-refractivity contribution >= 4 is 48.9 Å². The zero-order valence-electron chi connectivity index (χ0n) is 17.6. The second kappa shape index (κ2) is 14.4. The topological polar surface area (TPSA) is 79.0 Å². The molecule has 1 heterocycles. The van der Waals surface area contributed by atoms with E-state index in [1.54, 1.807) is 12.1 Å². The normalized spacial score (nSPS) is 15.0. The van der Waals surface area contributed by atoms with Gasteiger partial charge in [0.15, 0.2) is 0 Å². The van der Waals surface area contributed by atoms with Gasteiger partial charge in [0, 0.05) is 45.0 Å². The highest BCUT2D eigenvalue weighted by Gasteiger charge is 2.19. The van der Waals surface area contributed by atoms with Crippen molar-refractivity contribution in [3.05, 3.63) is 59.7 Å². The first-order valence-electron chi connectivity index (χ1n) is 9.79. The lowest BCUT2D eigenvalue weighted by molar-refractivity contribution is 0.0697. The lowest BCUT2D eigenvalue weighted by Gasteiger charge is -2.35. The fourth-order valence-electron chi connectivity index (χ4n) is 3.48. The van der Waals surface area contributed by atoms with Crippen LogP contribution in [-0.2, 0) is 6.42 Å². The minimum atomic E-state index is -0.878. The zero-order chi connectivity index (χ0) is 19.9. The van der Waals surface area contributed by atoms with Crippen molar-refractivity contribution in [3.8, 4) is 5.75 Å². The van der Waals surface area contributed by atoms with Gasteiger partial charge in [0.25, 0.3) is 0 Å². The molecule has 1 atom stereocenters. The number of nitrogen functional groups attached to an aromatic ring is 1. The first-order valence-corrected chi connectivity index (χ1v) is 9.79. The van der Waals surface area contributed by atoms with Crippen LogP contribution in [-0.4, -0.2) is 66.2 Å². The fraction of sp³-hybridized carbons (Fsp3) is 0.409. The first kappa shape index (κ1) is 29.3. The molecular formula is C22H32Cl3N3O3. The second-order valence-electron chi connectivity index (χ2n) is 7.39. The number of hydrogen-bond donors (Lipinski definition) is 2. The smallest absolute Gasteiger partial charge is 0.335 e. The zero-order valence-corrected chi connectivity index (χ0v) is 20.1. The molecule has 3 rings (SSSR count). The number of hydrogen-bond acceptors (Lipinski definition) is 5. The van der Waals surface area contributed by atoms with Crippen LogP contribution in [0.25, 0.3) is 0 Å². The molecule has 2 aromatic rings. The van der Waals surface area contributed by atoms with E-state index < -0.39 is 5.97 Å². The summed E-state index contributed by atoms with van der Waals surface area (Å²) in [7, 11) is 0. The monoisotopic (exact) mass is 491 g/mol. The van der Waals surface area contributed by atoms with Gasteiger partial charge in [0.05, 0.1) is 5.56 Å². The molecule has 0 amide bonds. The average molecular weight is 493 g/mol. The van der Waals surface area contributed by atoms with Crippen LogP contribution in [0.3, 0.4) is 0 Å². The van der Waals surface area contributed by atoms with E-state index in [-0.39, 0.29) is 43.3 Å². The van der Waals surface area contributed by atoms with Crippen LogP contribution in [0.5, 0.6) is 5.75 Å². The van der Waals surface area contributed by atoms with Crippen LogP contribution >= 0.6 is 37.2 Å². The Bertz CT molecular complexity index is 768. The molecule has 174 valence electrons. The number of carbonyl (C=O) groups is 1. The van der Waals surface area contributed by atoms with Gasteiger partial charge in [0.1, 0.15) is 11.9 Å². The van der Waals surface area contributed by atoms with Crippen molar-refractivity contribution in [2.24, 2.45) is 0 Å². The van der Waals surface area contributed by atoms with E-state index in [9.17, 15) is 4.79 Å². The van der Waals surface area contributed by atoms with E-state index in [1.165, 1.54) is 5.56 Å². The Labute approximate surface area is 203 Å². The van der Waals surface area contributed by atoms with Crippen molar-refractivity contribution in [2.75, 3.05) is 45.0 Å². The fourth-order valence-corrected chi connectivity index (χ4v) is 3.48. The summed E-state index contributed by atoms with van der Waals surface area (Å²) in [5, 5.41) is 8.96. The van der Waals surface area contributed by atoms with Gasteiger partial charge in [-0.15, -0.1) is 37.2 Å². The molecule has 1 aliphatic rings. The summed E-state index contributed by atoms with van der Waals surface area (Å²) in [5.41, 5.74) is 7.97. The van der Waals surface area contributed by atoms with Gasteiger partial charge in [-0.05, 0) is 55.3 Å². The maximum Gasteiger partial charge on any atom is 0.335 e. The molecule has 9 heteroatoms. The maximum absolute atomic E-state index is 10.9. The molecule has 1 saturated heterocycles. The number of carboxylic acid groups (broad SMARTS) is 1. The Morgan fingerprint density at radius 3 is 2.06 bits per heavy atom. The Hall–Kier alpha value is -1.70. The maximum atomic E-state index is 10.9. The molecule has 0 aliphatic carbocycles. The Morgan fingerprint density at radius 2 is 1.52 bits per heavy atom. The Kier molecular flexibility index (Phi) is 13.6. The van der Waals surface area contributed by atoms with Crippen molar-refractivity contribution < 1.29 is 14.6 Å². The number of ether oxygens (including phenoxy) is 1. The molecule has 0 bridgehead atoms. The van der Waals surface area contributed by atoms with Gasteiger partial charge in [-0.3, -0.25) is 4.90 Å². The van der Waals surface area contributed by atoms with Gasteiger partial charge < -0.3 is 20.5 Å². The van der Waals surface area contributed by atoms with Crippen LogP contribution < -0.4 is 10.5 Å². The van der Waals surface area contributed by atoms with Gasteiger partial charge in [-0.1, -0.05) is 12.1 Å². The van der Waals surface area contributed by atoms with Gasteiger partial charge in [-0.2, -0.15) is 0 Å². The molecule has 0 aromatic heterocycles. The summed E-state index contributed by atoms with van der Waals surface area (Å²) in [6, 6.07) is 14.7. The molecule has 6 nitrogen and oxygen atoms in total. The molecule has 0 radical (unpaired) electrons. The number of nitrogens with zero attached hydrogens (tertiary/aromatic N) is 2. The third-order valence-electron chi connectivity index (χ3n) is 5.12. The summed E-state index contributed by atoms with van der Waals surface area (Å²) in [6.07, 6.45) is 1.07. The summed E-state index contributed by atoms with van der Waals surface area (Å²) in [4.78, 5) is 15.8. The highest BCUT2D eigenvalue weighted by Crippen LogP contribution is 2.15. The Balaban J connectivity index is 0.00000300. The van der Waals surface area contributed by atoms with Gasteiger partial charge >= 0.3 is 5.97 Å². The van der Waals surface area contributed by atoms with E-state index in [2.05, 4.69) is 16.7 Å². The largest absolute Gasteiger partial charge is 0.489 e. The first-order chi connectivity index (χ1) is 13.5. The predicted molar refractivity (Wildman–Crippen MR) is 133 cm³/mol. The summed E-state index contributed by atoms with van der Waals surface area (Å²) in [5.74, 6) is -0.0217. The van der Waals surface area contributed by atoms with Crippen LogP contribution in [0.1, 0.15) is 22.8 Å². The SMILES string of the molecule is CC(CN1CCN(CCc2ccc(C(=O)O)cc2)CC1)Oc1ccc(N)cc1.Cl.Cl.Cl. The van der Waals surface area contributed by atoms with Crippen molar-refractivity contribution in [1.29, 1.82) is 0 Å². The molecule has 1 fully saturated rings. The van der Waals surface area contributed by atoms with Crippen LogP contribution in [0, 0.1) is 0 Å². The molecule has 0 spiro atoms. The quantitative estimate of drug-likeness (QED) is 0.545. The molecule has 2 aromatic carbocycles. The van der Waals surface area contributed by atoms with Crippen LogP contribution in [0.4, 0.5) is 5.69 Å². The number of rotatable bonds is 8. The number of piperazine rings is 1. The number of aromatic carboxylic acids is 1. The highest BCUT2D eigenvalue weighted by molar-refractivity contribution is 5.87. The molecule has 0 saturated carbocycles. The summed E-state index contributed by atoms with van der Waals surface area (Å²) >= 11 is 0. The summed E-state index contributed by atoms with van der Waals surface area (Å²) < 4.78 is 5.98. The lowest BCUT2D eigenvalue weighted by atomic mass is 10.1. The minimum absolute atomic E-state index is 0. The van der Waals surface area contributed by atoms with Gasteiger partial charge in [0.2, 0.25) is 0 Å². The predicted octanol–water partition coefficient (Wildman–Crippen LogP) is 3.86. The van der Waals surface area contributed by atoms with Crippen molar-refractivity contribution in [3.63, 3.8) is 0 Å². The average Bonchev–Trinajstić information content (AvgIpc) is 2.69. The molecule has 3 N–H and O–H groups in total.